The average Bonchev–Trinajstić information content (AvgIpc) is 3.11. The van der Waals surface area contributed by atoms with Crippen LogP contribution >= 0.6 is 0 Å². The van der Waals surface area contributed by atoms with Gasteiger partial charge in [-0.05, 0) is 18.6 Å². The molecule has 3 heterocycles. The lowest BCUT2D eigenvalue weighted by atomic mass is 10.1. The van der Waals surface area contributed by atoms with Gasteiger partial charge < -0.3 is 9.72 Å². The van der Waals surface area contributed by atoms with Crippen LogP contribution in [-0.4, -0.2) is 28.5 Å². The van der Waals surface area contributed by atoms with E-state index in [0.29, 0.717) is 12.5 Å². The predicted octanol–water partition coefficient (Wildman–Crippen LogP) is 3.27. The zero-order valence-electron chi connectivity index (χ0n) is 11.3. The molecule has 0 amide bonds. The van der Waals surface area contributed by atoms with Crippen LogP contribution in [0, 0.1) is 0 Å². The largest absolute Gasteiger partial charge is 0.474 e. The molecule has 0 unspecified atom stereocenters. The van der Waals surface area contributed by atoms with Crippen molar-refractivity contribution in [1.82, 2.24) is 9.97 Å². The van der Waals surface area contributed by atoms with Gasteiger partial charge in [0.25, 0.3) is 0 Å². The number of para-hydroxylation sites is 1. The van der Waals surface area contributed by atoms with Gasteiger partial charge >= 0.3 is 0 Å². The normalized spacial score (nSPS) is 18.4. The number of hydrogen-bond donors (Lipinski definition) is 1. The second kappa shape index (κ2) is 4.34. The second-order valence-electron chi connectivity index (χ2n) is 5.06. The number of nitrogens with one attached hydrogen (secondary N) is 1. The summed E-state index contributed by atoms with van der Waals surface area (Å²) in [5.41, 5.74) is 2.93. The summed E-state index contributed by atoms with van der Waals surface area (Å²) in [6.45, 7) is 2.78. The van der Waals surface area contributed by atoms with Crippen molar-refractivity contribution in [2.24, 2.45) is 4.99 Å². The zero-order chi connectivity index (χ0) is 13.5. The first-order valence-corrected chi connectivity index (χ1v) is 6.93. The molecule has 100 valence electrons. The minimum atomic E-state index is 0.256. The maximum Gasteiger partial charge on any atom is 0.237 e. The van der Waals surface area contributed by atoms with Crippen molar-refractivity contribution in [3.05, 3.63) is 42.2 Å². The van der Waals surface area contributed by atoms with Crippen molar-refractivity contribution in [3.63, 3.8) is 0 Å². The van der Waals surface area contributed by atoms with Gasteiger partial charge in [-0.25, -0.2) is 9.98 Å². The number of aromatic nitrogens is 2. The molecule has 1 aliphatic heterocycles. The molecule has 0 spiro atoms. The number of hydrogen-bond acceptors (Lipinski definition) is 3. The first-order chi connectivity index (χ1) is 9.86. The lowest BCUT2D eigenvalue weighted by Crippen LogP contribution is -2.05. The molecule has 1 aromatic carbocycles. The Balaban J connectivity index is 1.96. The van der Waals surface area contributed by atoms with E-state index in [4.69, 9.17) is 4.74 Å². The smallest absolute Gasteiger partial charge is 0.237 e. The fraction of sp³-hybridized carbons (Fsp3) is 0.250. The average molecular weight is 265 g/mol. The SMILES string of the molecule is CC[C@H]1COC(c2nccc3c2[nH]c2ccccc23)=N1. The van der Waals surface area contributed by atoms with Crippen LogP contribution in [0.2, 0.25) is 0 Å². The Morgan fingerprint density at radius 2 is 2.15 bits per heavy atom. The molecule has 0 aliphatic carbocycles. The summed E-state index contributed by atoms with van der Waals surface area (Å²) in [5, 5.41) is 2.37. The number of ether oxygens (including phenoxy) is 1. The van der Waals surface area contributed by atoms with Crippen molar-refractivity contribution in [2.45, 2.75) is 19.4 Å². The summed E-state index contributed by atoms with van der Waals surface area (Å²) >= 11 is 0. The van der Waals surface area contributed by atoms with Gasteiger partial charge in [0.1, 0.15) is 12.3 Å². The molecule has 1 N–H and O–H groups in total. The van der Waals surface area contributed by atoms with E-state index in [2.05, 4.69) is 34.0 Å². The molecule has 0 saturated heterocycles. The van der Waals surface area contributed by atoms with Gasteiger partial charge in [-0.15, -0.1) is 0 Å². The third-order valence-corrected chi connectivity index (χ3v) is 3.81. The first-order valence-electron chi connectivity index (χ1n) is 6.93. The number of pyridine rings is 1. The summed E-state index contributed by atoms with van der Waals surface area (Å²) in [4.78, 5) is 12.5. The number of aliphatic imine (C=N–C) groups is 1. The van der Waals surface area contributed by atoms with Gasteiger partial charge in [-0.3, -0.25) is 0 Å². The molecule has 4 rings (SSSR count). The Morgan fingerprint density at radius 3 is 3.00 bits per heavy atom. The molecule has 2 aromatic heterocycles. The highest BCUT2D eigenvalue weighted by atomic mass is 16.5. The highest BCUT2D eigenvalue weighted by molar-refractivity contribution is 6.14. The Morgan fingerprint density at radius 1 is 1.25 bits per heavy atom. The number of H-pyrrole nitrogens is 1. The van der Waals surface area contributed by atoms with Gasteiger partial charge in [0.15, 0.2) is 0 Å². The molecule has 0 saturated carbocycles. The van der Waals surface area contributed by atoms with Gasteiger partial charge in [-0.1, -0.05) is 25.1 Å². The Bertz CT molecular complexity index is 819. The molecular weight excluding hydrogens is 250 g/mol. The van der Waals surface area contributed by atoms with Gasteiger partial charge in [0, 0.05) is 22.5 Å². The summed E-state index contributed by atoms with van der Waals surface area (Å²) < 4.78 is 5.71. The third-order valence-electron chi connectivity index (χ3n) is 3.81. The topological polar surface area (TPSA) is 50.3 Å². The quantitative estimate of drug-likeness (QED) is 0.773. The third kappa shape index (κ3) is 1.61. The molecule has 4 nitrogen and oxygen atoms in total. The van der Waals surface area contributed by atoms with Crippen LogP contribution in [0.5, 0.6) is 0 Å². The van der Waals surface area contributed by atoms with Crippen LogP contribution in [0.4, 0.5) is 0 Å². The van der Waals surface area contributed by atoms with Crippen molar-refractivity contribution >= 4 is 27.7 Å². The van der Waals surface area contributed by atoms with Gasteiger partial charge in [0.2, 0.25) is 5.90 Å². The van der Waals surface area contributed by atoms with Crippen LogP contribution in [-0.2, 0) is 4.74 Å². The van der Waals surface area contributed by atoms with Crippen molar-refractivity contribution in [3.8, 4) is 0 Å². The lowest BCUT2D eigenvalue weighted by Gasteiger charge is -2.01. The fourth-order valence-corrected chi connectivity index (χ4v) is 2.69. The summed E-state index contributed by atoms with van der Waals surface area (Å²) in [6.07, 6.45) is 2.81. The minimum absolute atomic E-state index is 0.256. The maximum atomic E-state index is 5.71. The Kier molecular flexibility index (Phi) is 2.49. The van der Waals surface area contributed by atoms with Crippen molar-refractivity contribution in [2.75, 3.05) is 6.61 Å². The van der Waals surface area contributed by atoms with E-state index >= 15 is 0 Å². The van der Waals surface area contributed by atoms with E-state index in [1.54, 1.807) is 0 Å². The van der Waals surface area contributed by atoms with Crippen LogP contribution in [0.1, 0.15) is 19.0 Å². The number of benzene rings is 1. The summed E-state index contributed by atoms with van der Waals surface area (Å²) in [6, 6.07) is 10.6. The molecular formula is C16H15N3O. The van der Waals surface area contributed by atoms with E-state index in [1.807, 2.05) is 24.4 Å². The van der Waals surface area contributed by atoms with E-state index in [-0.39, 0.29) is 6.04 Å². The Hall–Kier alpha value is -2.36. The van der Waals surface area contributed by atoms with Gasteiger partial charge in [-0.2, -0.15) is 0 Å². The highest BCUT2D eigenvalue weighted by Crippen LogP contribution is 2.27. The number of rotatable bonds is 2. The molecule has 1 atom stereocenters. The molecule has 1 aliphatic rings. The maximum absolute atomic E-state index is 5.71. The highest BCUT2D eigenvalue weighted by Gasteiger charge is 2.22. The van der Waals surface area contributed by atoms with Crippen LogP contribution in [0.15, 0.2) is 41.5 Å². The first kappa shape index (κ1) is 11.5. The van der Waals surface area contributed by atoms with E-state index in [0.717, 1.165) is 28.5 Å². The number of aromatic amines is 1. The van der Waals surface area contributed by atoms with Gasteiger partial charge in [0.05, 0.1) is 11.6 Å². The molecule has 3 aromatic rings. The van der Waals surface area contributed by atoms with E-state index in [9.17, 15) is 0 Å². The van der Waals surface area contributed by atoms with Crippen LogP contribution in [0.25, 0.3) is 21.8 Å². The van der Waals surface area contributed by atoms with Crippen LogP contribution < -0.4 is 0 Å². The number of nitrogens with zero attached hydrogens (tertiary/aromatic N) is 2. The Labute approximate surface area is 116 Å². The predicted molar refractivity (Wildman–Crippen MR) is 80.2 cm³/mol. The summed E-state index contributed by atoms with van der Waals surface area (Å²) in [5.74, 6) is 0.661. The van der Waals surface area contributed by atoms with E-state index < -0.39 is 0 Å². The van der Waals surface area contributed by atoms with Crippen molar-refractivity contribution < 1.29 is 4.74 Å². The molecule has 0 bridgehead atoms. The molecule has 4 heteroatoms. The molecule has 0 radical (unpaired) electrons. The fourth-order valence-electron chi connectivity index (χ4n) is 2.69. The minimum Gasteiger partial charge on any atom is -0.474 e. The lowest BCUT2D eigenvalue weighted by molar-refractivity contribution is 0.314. The summed E-state index contributed by atoms with van der Waals surface area (Å²) in [7, 11) is 0. The molecule has 20 heavy (non-hydrogen) atoms. The van der Waals surface area contributed by atoms with E-state index in [1.165, 1.54) is 5.39 Å². The molecule has 0 fully saturated rings. The van der Waals surface area contributed by atoms with Crippen molar-refractivity contribution in [1.29, 1.82) is 0 Å². The monoisotopic (exact) mass is 265 g/mol. The zero-order valence-corrected chi connectivity index (χ0v) is 11.3. The standard InChI is InChI=1S/C16H15N3O/c1-2-10-9-20-16(18-10)15-14-12(7-8-17-15)11-5-3-4-6-13(11)19-14/h3-8,10,19H,2,9H2,1H3/t10-/m0/s1. The second-order valence-corrected chi connectivity index (χ2v) is 5.06. The number of fused-ring (bicyclic) bond motifs is 3. The van der Waals surface area contributed by atoms with Crippen LogP contribution in [0.3, 0.4) is 0 Å².